The van der Waals surface area contributed by atoms with Gasteiger partial charge in [0.2, 0.25) is 5.91 Å². The minimum atomic E-state index is -0.840. The monoisotopic (exact) mass is 347 g/mol. The van der Waals surface area contributed by atoms with E-state index in [9.17, 15) is 19.5 Å². The number of H-pyrrole nitrogens is 2. The van der Waals surface area contributed by atoms with Crippen LogP contribution >= 0.6 is 0 Å². The molecule has 1 aromatic heterocycles. The van der Waals surface area contributed by atoms with Gasteiger partial charge in [0.25, 0.3) is 5.56 Å². The van der Waals surface area contributed by atoms with Crippen LogP contribution in [0, 0.1) is 6.92 Å². The molecule has 1 atom stereocenters. The Hall–Kier alpha value is -2.87. The van der Waals surface area contributed by atoms with E-state index in [0.29, 0.717) is 22.6 Å². The van der Waals surface area contributed by atoms with Crippen molar-refractivity contribution in [3.63, 3.8) is 0 Å². The number of aliphatic hydroxyl groups is 1. The number of aliphatic hydroxyl groups excluding tert-OH is 1. The second kappa shape index (κ2) is 8.29. The quantitative estimate of drug-likeness (QED) is 0.568. The zero-order valence-corrected chi connectivity index (χ0v) is 14.1. The second-order valence-electron chi connectivity index (χ2n) is 5.60. The Kier molecular flexibility index (Phi) is 6.13. The predicted molar refractivity (Wildman–Crippen MR) is 91.7 cm³/mol. The highest BCUT2D eigenvalue weighted by atomic mass is 16.5. The molecule has 0 aliphatic carbocycles. The van der Waals surface area contributed by atoms with Crippen molar-refractivity contribution < 1.29 is 14.6 Å². The van der Waals surface area contributed by atoms with Crippen LogP contribution in [0.2, 0.25) is 0 Å². The van der Waals surface area contributed by atoms with E-state index in [1.54, 1.807) is 38.3 Å². The first kappa shape index (κ1) is 18.5. The molecule has 1 amide bonds. The Morgan fingerprint density at radius 1 is 1.24 bits per heavy atom. The molecule has 0 saturated heterocycles. The van der Waals surface area contributed by atoms with E-state index in [1.165, 1.54) is 0 Å². The van der Waals surface area contributed by atoms with Crippen LogP contribution in [0.15, 0.2) is 33.9 Å². The van der Waals surface area contributed by atoms with Gasteiger partial charge >= 0.3 is 5.69 Å². The van der Waals surface area contributed by atoms with E-state index >= 15 is 0 Å². The summed E-state index contributed by atoms with van der Waals surface area (Å²) in [6.07, 6.45) is -0.568. The van der Waals surface area contributed by atoms with Crippen molar-refractivity contribution in [1.29, 1.82) is 0 Å². The van der Waals surface area contributed by atoms with Gasteiger partial charge in [-0.15, -0.1) is 0 Å². The fourth-order valence-electron chi connectivity index (χ4n) is 2.41. The molecule has 8 heteroatoms. The lowest BCUT2D eigenvalue weighted by molar-refractivity contribution is -0.121. The van der Waals surface area contributed by atoms with Crippen molar-refractivity contribution in [3.05, 3.63) is 61.9 Å². The molecule has 8 nitrogen and oxygen atoms in total. The number of carbonyl (C=O) groups excluding carboxylic acids is 1. The van der Waals surface area contributed by atoms with Gasteiger partial charge in [-0.1, -0.05) is 12.1 Å². The van der Waals surface area contributed by atoms with Gasteiger partial charge in [-0.2, -0.15) is 0 Å². The molecule has 0 bridgehead atoms. The predicted octanol–water partition coefficient (Wildman–Crippen LogP) is 0.163. The molecule has 25 heavy (non-hydrogen) atoms. The number of rotatable bonds is 7. The maximum atomic E-state index is 11.9. The topological polar surface area (TPSA) is 124 Å². The summed E-state index contributed by atoms with van der Waals surface area (Å²) in [6, 6.07) is 6.90. The van der Waals surface area contributed by atoms with Crippen LogP contribution in [-0.2, 0) is 11.2 Å². The first-order valence-electron chi connectivity index (χ1n) is 7.81. The molecule has 0 aliphatic heterocycles. The molecule has 1 heterocycles. The standard InChI is InChI=1S/C17H21N3O5/c1-10-13(16(23)20-17(24)19-10)7-8-15(22)18-9-14(21)11-3-5-12(25-2)6-4-11/h3-6,14,21H,7-9H2,1-2H3,(H,18,22)(H2,19,20,23,24)/t14-/m1/s1. The summed E-state index contributed by atoms with van der Waals surface area (Å²) in [6.45, 7) is 1.67. The van der Waals surface area contributed by atoms with Crippen LogP contribution in [0.1, 0.15) is 29.3 Å². The van der Waals surface area contributed by atoms with Gasteiger partial charge in [-0.25, -0.2) is 4.79 Å². The molecule has 0 aliphatic rings. The number of amides is 1. The van der Waals surface area contributed by atoms with Gasteiger partial charge in [-0.3, -0.25) is 14.6 Å². The van der Waals surface area contributed by atoms with Crippen LogP contribution in [0.4, 0.5) is 0 Å². The Labute approximate surface area is 143 Å². The number of aryl methyl sites for hydroxylation is 1. The molecule has 2 rings (SSSR count). The van der Waals surface area contributed by atoms with Crippen molar-refractivity contribution >= 4 is 5.91 Å². The highest BCUT2D eigenvalue weighted by molar-refractivity contribution is 5.76. The summed E-state index contributed by atoms with van der Waals surface area (Å²) in [4.78, 5) is 39.4. The highest BCUT2D eigenvalue weighted by Crippen LogP contribution is 2.16. The number of hydrogen-bond donors (Lipinski definition) is 4. The first-order chi connectivity index (χ1) is 11.9. The van der Waals surface area contributed by atoms with Gasteiger partial charge in [0.15, 0.2) is 0 Å². The summed E-state index contributed by atoms with van der Waals surface area (Å²) < 4.78 is 5.05. The van der Waals surface area contributed by atoms with Crippen molar-refractivity contribution in [3.8, 4) is 5.75 Å². The molecule has 4 N–H and O–H groups in total. The summed E-state index contributed by atoms with van der Waals surface area (Å²) in [7, 11) is 1.56. The third kappa shape index (κ3) is 5.05. The molecule has 2 aromatic rings. The molecule has 1 aromatic carbocycles. The Balaban J connectivity index is 1.86. The first-order valence-corrected chi connectivity index (χ1v) is 7.81. The van der Waals surface area contributed by atoms with Gasteiger partial charge in [0.05, 0.1) is 13.2 Å². The van der Waals surface area contributed by atoms with Crippen LogP contribution < -0.4 is 21.3 Å². The van der Waals surface area contributed by atoms with Crippen molar-refractivity contribution in [1.82, 2.24) is 15.3 Å². The average Bonchev–Trinajstić information content (AvgIpc) is 2.58. The summed E-state index contributed by atoms with van der Waals surface area (Å²) >= 11 is 0. The number of aromatic amines is 2. The maximum absolute atomic E-state index is 11.9. The van der Waals surface area contributed by atoms with Gasteiger partial charge in [0.1, 0.15) is 5.75 Å². The van der Waals surface area contributed by atoms with Gasteiger partial charge in [0, 0.05) is 24.2 Å². The number of ether oxygens (including phenoxy) is 1. The molecule has 0 radical (unpaired) electrons. The second-order valence-corrected chi connectivity index (χ2v) is 5.60. The average molecular weight is 347 g/mol. The Morgan fingerprint density at radius 3 is 2.52 bits per heavy atom. The van der Waals surface area contributed by atoms with E-state index in [1.807, 2.05) is 0 Å². The van der Waals surface area contributed by atoms with E-state index in [-0.39, 0.29) is 25.3 Å². The third-order valence-corrected chi connectivity index (χ3v) is 3.85. The number of carbonyl (C=O) groups is 1. The molecular weight excluding hydrogens is 326 g/mol. The number of nitrogens with one attached hydrogen (secondary N) is 3. The van der Waals surface area contributed by atoms with Crippen molar-refractivity contribution in [2.75, 3.05) is 13.7 Å². The Bertz CT molecular complexity index is 839. The lowest BCUT2D eigenvalue weighted by atomic mass is 10.1. The summed E-state index contributed by atoms with van der Waals surface area (Å²) in [5.41, 5.74) is 0.407. The summed E-state index contributed by atoms with van der Waals surface area (Å²) in [5.74, 6) is 0.388. The lowest BCUT2D eigenvalue weighted by Gasteiger charge is -2.13. The smallest absolute Gasteiger partial charge is 0.325 e. The molecule has 0 spiro atoms. The van der Waals surface area contributed by atoms with E-state index in [0.717, 1.165) is 0 Å². The maximum Gasteiger partial charge on any atom is 0.325 e. The van der Waals surface area contributed by atoms with Gasteiger partial charge in [-0.05, 0) is 31.0 Å². The number of benzene rings is 1. The SMILES string of the molecule is COc1ccc([C@H](O)CNC(=O)CCc2c(C)[nH]c(=O)[nH]c2=O)cc1. The number of hydrogen-bond acceptors (Lipinski definition) is 5. The van der Waals surface area contributed by atoms with Gasteiger partial charge < -0.3 is 20.1 Å². The normalized spacial score (nSPS) is 11.8. The third-order valence-electron chi connectivity index (χ3n) is 3.85. The molecule has 0 saturated carbocycles. The van der Waals surface area contributed by atoms with Crippen molar-refractivity contribution in [2.45, 2.75) is 25.9 Å². The molecule has 0 unspecified atom stereocenters. The fraction of sp³-hybridized carbons (Fsp3) is 0.353. The molecular formula is C17H21N3O5. The minimum absolute atomic E-state index is 0.0616. The zero-order valence-electron chi connectivity index (χ0n) is 14.1. The van der Waals surface area contributed by atoms with Crippen LogP contribution in [0.5, 0.6) is 5.75 Å². The number of aromatic nitrogens is 2. The molecule has 0 fully saturated rings. The van der Waals surface area contributed by atoms with Crippen LogP contribution in [0.25, 0.3) is 0 Å². The zero-order chi connectivity index (χ0) is 18.4. The highest BCUT2D eigenvalue weighted by Gasteiger charge is 2.12. The van der Waals surface area contributed by atoms with E-state index < -0.39 is 17.4 Å². The van der Waals surface area contributed by atoms with Crippen LogP contribution in [0.3, 0.4) is 0 Å². The minimum Gasteiger partial charge on any atom is -0.497 e. The van der Waals surface area contributed by atoms with E-state index in [4.69, 9.17) is 4.74 Å². The fourth-order valence-corrected chi connectivity index (χ4v) is 2.41. The lowest BCUT2D eigenvalue weighted by Crippen LogP contribution is -2.31. The Morgan fingerprint density at radius 2 is 1.92 bits per heavy atom. The van der Waals surface area contributed by atoms with Crippen molar-refractivity contribution in [2.24, 2.45) is 0 Å². The largest absolute Gasteiger partial charge is 0.497 e. The summed E-state index contributed by atoms with van der Waals surface area (Å²) in [5, 5.41) is 12.7. The number of methoxy groups -OCH3 is 1. The molecule has 134 valence electrons. The van der Waals surface area contributed by atoms with E-state index in [2.05, 4.69) is 15.3 Å². The van der Waals surface area contributed by atoms with Crippen LogP contribution in [-0.4, -0.2) is 34.6 Å².